The van der Waals surface area contributed by atoms with Crippen LogP contribution in [0.15, 0.2) is 23.1 Å². The fourth-order valence-corrected chi connectivity index (χ4v) is 4.20. The predicted molar refractivity (Wildman–Crippen MR) is 96.1 cm³/mol. The van der Waals surface area contributed by atoms with Gasteiger partial charge in [-0.25, -0.2) is 13.1 Å². The summed E-state index contributed by atoms with van der Waals surface area (Å²) in [6, 6.07) is 5.07. The van der Waals surface area contributed by atoms with Gasteiger partial charge in [0.15, 0.2) is 0 Å². The summed E-state index contributed by atoms with van der Waals surface area (Å²) < 4.78 is 26.9. The molecule has 1 saturated heterocycles. The van der Waals surface area contributed by atoms with E-state index >= 15 is 0 Å². The van der Waals surface area contributed by atoms with Gasteiger partial charge in [-0.2, -0.15) is 0 Å². The van der Waals surface area contributed by atoms with Crippen molar-refractivity contribution in [2.45, 2.75) is 25.2 Å². The van der Waals surface area contributed by atoms with Crippen LogP contribution in [0.4, 0.5) is 5.69 Å². The Kier molecular flexibility index (Phi) is 5.91. The van der Waals surface area contributed by atoms with Crippen LogP contribution in [0.3, 0.4) is 0 Å². The summed E-state index contributed by atoms with van der Waals surface area (Å²) in [6.45, 7) is 6.43. The first kappa shape index (κ1) is 19.2. The Labute approximate surface area is 149 Å². The van der Waals surface area contributed by atoms with E-state index in [4.69, 9.17) is 0 Å². The molecule has 0 spiro atoms. The molecule has 1 atom stereocenters. The molecule has 1 fully saturated rings. The topological polar surface area (TPSA) is 78.5 Å². The average molecular weight is 374 g/mol. The minimum Gasteiger partial charge on any atom is -0.316 e. The quantitative estimate of drug-likeness (QED) is 0.811. The van der Waals surface area contributed by atoms with E-state index in [0.29, 0.717) is 19.0 Å². The van der Waals surface area contributed by atoms with E-state index in [2.05, 4.69) is 10.0 Å². The third kappa shape index (κ3) is 3.44. The maximum Gasteiger partial charge on any atom is 0.240 e. The molecule has 2 heterocycles. The molecular weight excluding hydrogens is 350 g/mol. The van der Waals surface area contributed by atoms with Crippen LogP contribution in [0.25, 0.3) is 0 Å². The van der Waals surface area contributed by atoms with E-state index < -0.39 is 10.0 Å². The lowest BCUT2D eigenvalue weighted by atomic mass is 9.88. The lowest BCUT2D eigenvalue weighted by Gasteiger charge is -2.34. The number of benzene rings is 1. The van der Waals surface area contributed by atoms with Crippen LogP contribution in [0.2, 0.25) is 0 Å². The molecule has 1 aromatic rings. The molecule has 2 aliphatic heterocycles. The SMILES string of the molecule is CCNS(=O)(=O)c1ccc2c(c1)N(C(=O)C(C)C1CNC1)CC2.Cl. The Hall–Kier alpha value is -1.15. The Balaban J connectivity index is 0.00000208. The van der Waals surface area contributed by atoms with Gasteiger partial charge in [0.1, 0.15) is 0 Å². The summed E-state index contributed by atoms with van der Waals surface area (Å²) in [4.78, 5) is 14.7. The minimum absolute atomic E-state index is 0. The molecule has 134 valence electrons. The van der Waals surface area contributed by atoms with E-state index in [1.54, 1.807) is 24.0 Å². The highest BCUT2D eigenvalue weighted by Gasteiger charge is 2.35. The van der Waals surface area contributed by atoms with Gasteiger partial charge in [0.05, 0.1) is 4.90 Å². The normalized spacial score (nSPS) is 18.5. The molecule has 3 rings (SSSR count). The van der Waals surface area contributed by atoms with E-state index in [0.717, 1.165) is 30.8 Å². The highest BCUT2D eigenvalue weighted by molar-refractivity contribution is 7.89. The molecule has 1 amide bonds. The van der Waals surface area contributed by atoms with Crippen molar-refractivity contribution in [2.24, 2.45) is 11.8 Å². The second-order valence-corrected chi connectivity index (χ2v) is 8.01. The number of halogens is 1. The Morgan fingerprint density at radius 2 is 2.12 bits per heavy atom. The Morgan fingerprint density at radius 1 is 1.42 bits per heavy atom. The fourth-order valence-electron chi connectivity index (χ4n) is 3.14. The second kappa shape index (κ2) is 7.39. The summed E-state index contributed by atoms with van der Waals surface area (Å²) in [5.74, 6) is 0.421. The summed E-state index contributed by atoms with van der Waals surface area (Å²) in [5, 5.41) is 3.19. The van der Waals surface area contributed by atoms with Crippen molar-refractivity contribution < 1.29 is 13.2 Å². The summed E-state index contributed by atoms with van der Waals surface area (Å²) in [5.41, 5.74) is 1.78. The maximum atomic E-state index is 12.8. The van der Waals surface area contributed by atoms with Crippen LogP contribution in [0.5, 0.6) is 0 Å². The van der Waals surface area contributed by atoms with E-state index in [1.807, 2.05) is 13.0 Å². The fraction of sp³-hybridized carbons (Fsp3) is 0.562. The van der Waals surface area contributed by atoms with Gasteiger partial charge in [-0.05, 0) is 43.1 Å². The number of carbonyl (C=O) groups excluding carboxylic acids is 1. The molecule has 1 unspecified atom stereocenters. The first-order valence-corrected chi connectivity index (χ1v) is 9.57. The molecule has 0 aliphatic carbocycles. The van der Waals surface area contributed by atoms with Crippen LogP contribution < -0.4 is 14.9 Å². The summed E-state index contributed by atoms with van der Waals surface area (Å²) in [6.07, 6.45) is 0.776. The molecular formula is C16H24ClN3O3S. The van der Waals surface area contributed by atoms with Crippen LogP contribution in [0, 0.1) is 11.8 Å². The van der Waals surface area contributed by atoms with Crippen LogP contribution in [-0.4, -0.2) is 40.5 Å². The number of nitrogens with zero attached hydrogens (tertiary/aromatic N) is 1. The minimum atomic E-state index is -3.51. The van der Waals surface area contributed by atoms with Crippen molar-refractivity contribution in [3.05, 3.63) is 23.8 Å². The average Bonchev–Trinajstić information content (AvgIpc) is 2.87. The standard InChI is InChI=1S/C16H23N3O3S.ClH/c1-3-18-23(21,22)14-5-4-12-6-7-19(15(12)8-14)16(20)11(2)13-9-17-10-13;/h4-5,8,11,13,17-18H,3,6-7,9-10H2,1-2H3;1H. The number of sulfonamides is 1. The molecule has 0 aromatic heterocycles. The van der Waals surface area contributed by atoms with E-state index in [1.165, 1.54) is 0 Å². The lowest BCUT2D eigenvalue weighted by molar-refractivity contribution is -0.123. The van der Waals surface area contributed by atoms with Crippen molar-refractivity contribution in [1.82, 2.24) is 10.0 Å². The predicted octanol–water partition coefficient (Wildman–Crippen LogP) is 1.15. The molecule has 1 aromatic carbocycles. The number of anilines is 1. The van der Waals surface area contributed by atoms with Crippen LogP contribution in [-0.2, 0) is 21.2 Å². The number of nitrogens with one attached hydrogen (secondary N) is 2. The van der Waals surface area contributed by atoms with Gasteiger partial charge in [-0.15, -0.1) is 12.4 Å². The largest absolute Gasteiger partial charge is 0.316 e. The Bertz CT molecular complexity index is 719. The highest BCUT2D eigenvalue weighted by atomic mass is 35.5. The smallest absolute Gasteiger partial charge is 0.240 e. The molecule has 24 heavy (non-hydrogen) atoms. The zero-order chi connectivity index (χ0) is 16.6. The molecule has 0 radical (unpaired) electrons. The van der Waals surface area contributed by atoms with Gasteiger partial charge in [-0.3, -0.25) is 4.79 Å². The molecule has 0 bridgehead atoms. The Morgan fingerprint density at radius 3 is 2.71 bits per heavy atom. The van der Waals surface area contributed by atoms with Gasteiger partial charge >= 0.3 is 0 Å². The van der Waals surface area contributed by atoms with Gasteiger partial charge in [0, 0.05) is 24.7 Å². The maximum absolute atomic E-state index is 12.8. The van der Waals surface area contributed by atoms with E-state index in [9.17, 15) is 13.2 Å². The van der Waals surface area contributed by atoms with Crippen molar-refractivity contribution in [3.63, 3.8) is 0 Å². The molecule has 6 nitrogen and oxygen atoms in total. The molecule has 8 heteroatoms. The molecule has 2 N–H and O–H groups in total. The highest BCUT2D eigenvalue weighted by Crippen LogP contribution is 2.33. The van der Waals surface area contributed by atoms with Crippen molar-refractivity contribution in [3.8, 4) is 0 Å². The van der Waals surface area contributed by atoms with Crippen LogP contribution >= 0.6 is 12.4 Å². The lowest BCUT2D eigenvalue weighted by Crippen LogP contribution is -2.50. The second-order valence-electron chi connectivity index (χ2n) is 6.24. The number of fused-ring (bicyclic) bond motifs is 1. The number of hydrogen-bond acceptors (Lipinski definition) is 4. The summed E-state index contributed by atoms with van der Waals surface area (Å²) >= 11 is 0. The first-order valence-electron chi connectivity index (χ1n) is 8.08. The van der Waals surface area contributed by atoms with Gasteiger partial charge < -0.3 is 10.2 Å². The zero-order valence-electron chi connectivity index (χ0n) is 13.9. The van der Waals surface area contributed by atoms with Crippen LogP contribution in [0.1, 0.15) is 19.4 Å². The zero-order valence-corrected chi connectivity index (χ0v) is 15.5. The van der Waals surface area contributed by atoms with Crippen molar-refractivity contribution in [2.75, 3.05) is 31.1 Å². The van der Waals surface area contributed by atoms with Crippen molar-refractivity contribution >= 4 is 34.0 Å². The third-order valence-electron chi connectivity index (χ3n) is 4.77. The number of carbonyl (C=O) groups is 1. The van der Waals surface area contributed by atoms with Gasteiger partial charge in [-0.1, -0.05) is 19.9 Å². The van der Waals surface area contributed by atoms with E-state index in [-0.39, 0.29) is 29.1 Å². The van der Waals surface area contributed by atoms with Gasteiger partial charge in [0.2, 0.25) is 15.9 Å². The summed E-state index contributed by atoms with van der Waals surface area (Å²) in [7, 11) is -3.51. The number of rotatable bonds is 5. The third-order valence-corrected chi connectivity index (χ3v) is 6.32. The number of hydrogen-bond donors (Lipinski definition) is 2. The first-order chi connectivity index (χ1) is 10.9. The van der Waals surface area contributed by atoms with Crippen molar-refractivity contribution in [1.29, 1.82) is 0 Å². The molecule has 0 saturated carbocycles. The van der Waals surface area contributed by atoms with Gasteiger partial charge in [0.25, 0.3) is 0 Å². The number of amides is 1. The molecule has 2 aliphatic rings. The monoisotopic (exact) mass is 373 g/mol.